The van der Waals surface area contributed by atoms with Gasteiger partial charge >= 0.3 is 0 Å². The molecule has 1 heterocycles. The number of rotatable bonds is 1. The van der Waals surface area contributed by atoms with E-state index in [1.807, 2.05) is 32.1 Å². The Bertz CT molecular complexity index is 471. The maximum absolute atomic E-state index is 8.32. The second-order valence-electron chi connectivity index (χ2n) is 3.95. The Labute approximate surface area is 87.8 Å². The van der Waals surface area contributed by atoms with Crippen LogP contribution >= 0.6 is 0 Å². The summed E-state index contributed by atoms with van der Waals surface area (Å²) in [4.78, 5) is 2.74. The van der Waals surface area contributed by atoms with E-state index in [-0.39, 0.29) is 5.60 Å². The SMILES string of the molecule is CC1(C)C=Cc2cc(N=[N+]=[N-])ccc2O1. The summed E-state index contributed by atoms with van der Waals surface area (Å²) in [5.41, 5.74) is 9.59. The molecule has 0 aromatic heterocycles. The maximum Gasteiger partial charge on any atom is 0.127 e. The number of hydrogen-bond acceptors (Lipinski definition) is 2. The van der Waals surface area contributed by atoms with Gasteiger partial charge in [0.15, 0.2) is 0 Å². The molecule has 76 valence electrons. The Balaban J connectivity index is 2.44. The third kappa shape index (κ3) is 1.95. The lowest BCUT2D eigenvalue weighted by Crippen LogP contribution is -2.27. The first kappa shape index (κ1) is 9.62. The Morgan fingerprint density at radius 2 is 2.20 bits per heavy atom. The molecule has 0 spiro atoms. The van der Waals surface area contributed by atoms with Crippen molar-refractivity contribution in [2.75, 3.05) is 0 Å². The molecule has 0 fully saturated rings. The minimum Gasteiger partial charge on any atom is -0.483 e. The van der Waals surface area contributed by atoms with Crippen LogP contribution in [0.25, 0.3) is 16.5 Å². The van der Waals surface area contributed by atoms with E-state index in [4.69, 9.17) is 10.3 Å². The van der Waals surface area contributed by atoms with Gasteiger partial charge in [-0.1, -0.05) is 11.2 Å². The lowest BCUT2D eigenvalue weighted by atomic mass is 10.0. The first-order valence-corrected chi connectivity index (χ1v) is 4.68. The van der Waals surface area contributed by atoms with Gasteiger partial charge < -0.3 is 4.74 Å². The molecule has 2 rings (SSSR count). The highest BCUT2D eigenvalue weighted by atomic mass is 16.5. The molecule has 0 amide bonds. The van der Waals surface area contributed by atoms with Gasteiger partial charge in [-0.25, -0.2) is 0 Å². The van der Waals surface area contributed by atoms with Crippen molar-refractivity contribution in [1.29, 1.82) is 0 Å². The molecule has 4 heteroatoms. The summed E-state index contributed by atoms with van der Waals surface area (Å²) in [6.07, 6.45) is 3.96. The molecule has 0 saturated carbocycles. The molecule has 0 unspecified atom stereocenters. The van der Waals surface area contributed by atoms with Crippen molar-refractivity contribution in [2.24, 2.45) is 5.11 Å². The minimum atomic E-state index is -0.271. The summed E-state index contributed by atoms with van der Waals surface area (Å²) >= 11 is 0. The topological polar surface area (TPSA) is 58.0 Å². The van der Waals surface area contributed by atoms with Gasteiger partial charge in [0.05, 0.1) is 0 Å². The quantitative estimate of drug-likeness (QED) is 0.387. The third-order valence-corrected chi connectivity index (χ3v) is 2.19. The van der Waals surface area contributed by atoms with Gasteiger partial charge in [-0.15, -0.1) is 0 Å². The lowest BCUT2D eigenvalue weighted by molar-refractivity contribution is 0.159. The molecule has 15 heavy (non-hydrogen) atoms. The molecule has 0 atom stereocenters. The van der Waals surface area contributed by atoms with E-state index in [1.165, 1.54) is 0 Å². The standard InChI is InChI=1S/C11H11N3O/c1-11(2)6-5-8-7-9(13-14-12)3-4-10(8)15-11/h3-7H,1-2H3. The number of azide groups is 1. The number of nitrogens with zero attached hydrogens (tertiary/aromatic N) is 3. The van der Waals surface area contributed by atoms with Crippen LogP contribution in [0, 0.1) is 0 Å². The number of ether oxygens (including phenoxy) is 1. The van der Waals surface area contributed by atoms with Crippen molar-refractivity contribution in [3.8, 4) is 5.75 Å². The summed E-state index contributed by atoms with van der Waals surface area (Å²) in [7, 11) is 0. The first-order valence-electron chi connectivity index (χ1n) is 4.68. The minimum absolute atomic E-state index is 0.271. The van der Waals surface area contributed by atoms with Crippen molar-refractivity contribution >= 4 is 11.8 Å². The Morgan fingerprint density at radius 3 is 2.93 bits per heavy atom. The molecule has 0 aliphatic carbocycles. The van der Waals surface area contributed by atoms with Crippen LogP contribution < -0.4 is 4.74 Å². The predicted molar refractivity (Wildman–Crippen MR) is 59.0 cm³/mol. The van der Waals surface area contributed by atoms with Crippen LogP contribution in [-0.2, 0) is 0 Å². The Morgan fingerprint density at radius 1 is 1.40 bits per heavy atom. The van der Waals surface area contributed by atoms with E-state index in [2.05, 4.69) is 10.0 Å². The highest BCUT2D eigenvalue weighted by Gasteiger charge is 2.21. The fraction of sp³-hybridized carbons (Fsp3) is 0.273. The Kier molecular flexibility index (Phi) is 2.14. The molecule has 0 radical (unpaired) electrons. The van der Waals surface area contributed by atoms with Crippen molar-refractivity contribution in [3.05, 3.63) is 40.3 Å². The molecule has 4 nitrogen and oxygen atoms in total. The molecular weight excluding hydrogens is 190 g/mol. The Hall–Kier alpha value is -1.93. The summed E-state index contributed by atoms with van der Waals surface area (Å²) in [6, 6.07) is 5.37. The number of benzene rings is 1. The summed E-state index contributed by atoms with van der Waals surface area (Å²) in [6.45, 7) is 3.99. The van der Waals surface area contributed by atoms with Crippen molar-refractivity contribution < 1.29 is 4.74 Å². The third-order valence-electron chi connectivity index (χ3n) is 2.19. The van der Waals surface area contributed by atoms with Gasteiger partial charge in [-0.2, -0.15) is 0 Å². The smallest absolute Gasteiger partial charge is 0.127 e. The van der Waals surface area contributed by atoms with E-state index in [0.717, 1.165) is 11.3 Å². The predicted octanol–water partition coefficient (Wildman–Crippen LogP) is 3.81. The first-order chi connectivity index (χ1) is 7.11. The lowest BCUT2D eigenvalue weighted by Gasteiger charge is -2.27. The van der Waals surface area contributed by atoms with Crippen molar-refractivity contribution in [3.63, 3.8) is 0 Å². The normalized spacial score (nSPS) is 16.1. The van der Waals surface area contributed by atoms with Crippen LogP contribution in [0.3, 0.4) is 0 Å². The molecule has 1 aromatic rings. The number of fused-ring (bicyclic) bond motifs is 1. The zero-order valence-corrected chi connectivity index (χ0v) is 8.64. The molecule has 0 saturated heterocycles. The van der Waals surface area contributed by atoms with E-state index < -0.39 is 0 Å². The van der Waals surface area contributed by atoms with Gasteiger partial charge in [0, 0.05) is 16.2 Å². The van der Waals surface area contributed by atoms with Crippen LogP contribution in [0.15, 0.2) is 29.4 Å². The van der Waals surface area contributed by atoms with E-state index in [9.17, 15) is 0 Å². The van der Waals surface area contributed by atoms with Crippen LogP contribution in [-0.4, -0.2) is 5.60 Å². The second kappa shape index (κ2) is 3.33. The van der Waals surface area contributed by atoms with Gasteiger partial charge in [-0.05, 0) is 43.7 Å². The average Bonchev–Trinajstić information content (AvgIpc) is 2.18. The average molecular weight is 201 g/mol. The van der Waals surface area contributed by atoms with E-state index in [0.29, 0.717) is 5.69 Å². The van der Waals surface area contributed by atoms with E-state index >= 15 is 0 Å². The fourth-order valence-corrected chi connectivity index (χ4v) is 1.48. The van der Waals surface area contributed by atoms with Crippen molar-refractivity contribution in [1.82, 2.24) is 0 Å². The zero-order chi connectivity index (χ0) is 10.9. The largest absolute Gasteiger partial charge is 0.483 e. The van der Waals surface area contributed by atoms with Crippen molar-refractivity contribution in [2.45, 2.75) is 19.4 Å². The molecule has 0 bridgehead atoms. The fourth-order valence-electron chi connectivity index (χ4n) is 1.48. The maximum atomic E-state index is 8.32. The summed E-state index contributed by atoms with van der Waals surface area (Å²) < 4.78 is 5.73. The molecule has 1 aliphatic rings. The van der Waals surface area contributed by atoms with Crippen LogP contribution in [0.4, 0.5) is 5.69 Å². The van der Waals surface area contributed by atoms with E-state index in [1.54, 1.807) is 12.1 Å². The molecule has 0 N–H and O–H groups in total. The molecule has 1 aliphatic heterocycles. The van der Waals surface area contributed by atoms with Gasteiger partial charge in [0.2, 0.25) is 0 Å². The highest BCUT2D eigenvalue weighted by molar-refractivity contribution is 5.64. The second-order valence-corrected chi connectivity index (χ2v) is 3.95. The monoisotopic (exact) mass is 201 g/mol. The molecular formula is C11H11N3O. The number of hydrogen-bond donors (Lipinski definition) is 0. The van der Waals surface area contributed by atoms with Crippen LogP contribution in [0.2, 0.25) is 0 Å². The highest BCUT2D eigenvalue weighted by Crippen LogP contribution is 2.33. The van der Waals surface area contributed by atoms with Gasteiger partial charge in [-0.3, -0.25) is 0 Å². The van der Waals surface area contributed by atoms with Crippen LogP contribution in [0.1, 0.15) is 19.4 Å². The molecule has 1 aromatic carbocycles. The van der Waals surface area contributed by atoms with Gasteiger partial charge in [0.25, 0.3) is 0 Å². The summed E-state index contributed by atoms with van der Waals surface area (Å²) in [5.74, 6) is 0.819. The van der Waals surface area contributed by atoms with Crippen LogP contribution in [0.5, 0.6) is 5.75 Å². The zero-order valence-electron chi connectivity index (χ0n) is 8.64. The van der Waals surface area contributed by atoms with Gasteiger partial charge in [0.1, 0.15) is 11.4 Å². The summed E-state index contributed by atoms with van der Waals surface area (Å²) in [5, 5.41) is 3.54.